The Balaban J connectivity index is 0.00000341. The first kappa shape index (κ1) is 26.3. The Morgan fingerprint density at radius 1 is 1.03 bits per heavy atom. The number of ether oxygens (including phenoxy) is 1. The number of morpholine rings is 1. The monoisotopic (exact) mass is 547 g/mol. The molecule has 0 aromatic heterocycles. The van der Waals surface area contributed by atoms with Crippen molar-refractivity contribution in [3.8, 4) is 0 Å². The van der Waals surface area contributed by atoms with Crippen molar-refractivity contribution in [3.05, 3.63) is 35.6 Å². The quantitative estimate of drug-likeness (QED) is 0.298. The third-order valence-electron chi connectivity index (χ3n) is 6.06. The molecule has 0 aliphatic carbocycles. The third kappa shape index (κ3) is 8.82. The number of likely N-dealkylation sites (tertiary alicyclic amines) is 1. The first-order chi connectivity index (χ1) is 14.7. The van der Waals surface area contributed by atoms with Gasteiger partial charge >= 0.3 is 0 Å². The fourth-order valence-corrected chi connectivity index (χ4v) is 4.36. The molecule has 2 heterocycles. The van der Waals surface area contributed by atoms with Gasteiger partial charge < -0.3 is 20.3 Å². The van der Waals surface area contributed by atoms with Gasteiger partial charge in [0.1, 0.15) is 5.82 Å². The van der Waals surface area contributed by atoms with E-state index >= 15 is 0 Å². The van der Waals surface area contributed by atoms with Gasteiger partial charge in [-0.3, -0.25) is 9.89 Å². The van der Waals surface area contributed by atoms with E-state index in [-0.39, 0.29) is 35.8 Å². The summed E-state index contributed by atoms with van der Waals surface area (Å²) in [4.78, 5) is 9.39. The molecule has 0 radical (unpaired) electrons. The Kier molecular flexibility index (Phi) is 12.1. The minimum absolute atomic E-state index is 0. The Morgan fingerprint density at radius 2 is 1.68 bits per heavy atom. The van der Waals surface area contributed by atoms with Crippen LogP contribution in [0.4, 0.5) is 4.39 Å². The largest absolute Gasteiger partial charge is 0.379 e. The highest BCUT2D eigenvalue weighted by Crippen LogP contribution is 2.21. The number of hydrogen-bond donors (Lipinski definition) is 2. The van der Waals surface area contributed by atoms with Gasteiger partial charge in [0.2, 0.25) is 0 Å². The van der Waals surface area contributed by atoms with E-state index in [0.29, 0.717) is 12.5 Å². The van der Waals surface area contributed by atoms with Crippen molar-refractivity contribution >= 4 is 29.9 Å². The summed E-state index contributed by atoms with van der Waals surface area (Å²) in [6.07, 6.45) is 4.03. The molecule has 0 spiro atoms. The normalized spacial score (nSPS) is 20.5. The molecule has 0 amide bonds. The van der Waals surface area contributed by atoms with Crippen molar-refractivity contribution in [1.82, 2.24) is 20.4 Å². The van der Waals surface area contributed by atoms with E-state index in [1.807, 2.05) is 19.2 Å². The van der Waals surface area contributed by atoms with Gasteiger partial charge in [0, 0.05) is 39.8 Å². The lowest BCUT2D eigenvalue weighted by Gasteiger charge is -2.35. The van der Waals surface area contributed by atoms with Gasteiger partial charge in [-0.25, -0.2) is 4.39 Å². The van der Waals surface area contributed by atoms with Gasteiger partial charge in [-0.15, -0.1) is 24.0 Å². The standard InChI is InChI=1S/C23H38FN5O.HI/c1-19(18-28-10-4-3-5-11-28)16-26-23(25-2)27-17-22(29-12-14-30-15-13-29)20-6-8-21(24)9-7-20;/h6-9,19,22H,3-5,10-18H2,1-2H3,(H2,25,26,27);1H. The fourth-order valence-electron chi connectivity index (χ4n) is 4.36. The predicted molar refractivity (Wildman–Crippen MR) is 136 cm³/mol. The van der Waals surface area contributed by atoms with E-state index in [2.05, 4.69) is 32.3 Å². The van der Waals surface area contributed by atoms with Crippen molar-refractivity contribution in [1.29, 1.82) is 0 Å². The zero-order chi connectivity index (χ0) is 21.2. The van der Waals surface area contributed by atoms with Crippen LogP contribution in [0.5, 0.6) is 0 Å². The van der Waals surface area contributed by atoms with Gasteiger partial charge in [-0.1, -0.05) is 25.5 Å². The molecular weight excluding hydrogens is 508 g/mol. The van der Waals surface area contributed by atoms with E-state index in [1.165, 1.54) is 44.5 Å². The second-order valence-electron chi connectivity index (χ2n) is 8.52. The van der Waals surface area contributed by atoms with E-state index in [1.54, 1.807) is 0 Å². The summed E-state index contributed by atoms with van der Waals surface area (Å²) in [5.41, 5.74) is 1.11. The Labute approximate surface area is 204 Å². The van der Waals surface area contributed by atoms with Crippen molar-refractivity contribution in [2.24, 2.45) is 10.9 Å². The second kappa shape index (κ2) is 14.2. The lowest BCUT2D eigenvalue weighted by Crippen LogP contribution is -2.47. The summed E-state index contributed by atoms with van der Waals surface area (Å²) in [6, 6.07) is 7.00. The summed E-state index contributed by atoms with van der Waals surface area (Å²) in [7, 11) is 1.81. The van der Waals surface area contributed by atoms with Crippen LogP contribution in [0, 0.1) is 11.7 Å². The molecule has 6 nitrogen and oxygen atoms in total. The molecule has 2 unspecified atom stereocenters. The SMILES string of the molecule is CN=C(NCC(C)CN1CCCCC1)NCC(c1ccc(F)cc1)N1CCOCC1.I. The molecule has 3 rings (SSSR count). The van der Waals surface area contributed by atoms with Crippen LogP contribution in [0.3, 0.4) is 0 Å². The Morgan fingerprint density at radius 3 is 2.32 bits per heavy atom. The maximum Gasteiger partial charge on any atom is 0.191 e. The highest BCUT2D eigenvalue weighted by atomic mass is 127. The number of rotatable bonds is 8. The Bertz CT molecular complexity index is 648. The number of hydrogen-bond acceptors (Lipinski definition) is 4. The highest BCUT2D eigenvalue weighted by Gasteiger charge is 2.23. The molecule has 2 aliphatic heterocycles. The summed E-state index contributed by atoms with van der Waals surface area (Å²) in [5.74, 6) is 1.18. The van der Waals surface area contributed by atoms with Crippen LogP contribution >= 0.6 is 24.0 Å². The van der Waals surface area contributed by atoms with Crippen molar-refractivity contribution < 1.29 is 9.13 Å². The minimum Gasteiger partial charge on any atom is -0.379 e. The van der Waals surface area contributed by atoms with Crippen LogP contribution in [0.25, 0.3) is 0 Å². The van der Waals surface area contributed by atoms with Crippen LogP contribution in [-0.4, -0.2) is 81.8 Å². The molecule has 31 heavy (non-hydrogen) atoms. The third-order valence-corrected chi connectivity index (χ3v) is 6.06. The van der Waals surface area contributed by atoms with Crippen LogP contribution in [0.1, 0.15) is 37.8 Å². The maximum atomic E-state index is 13.4. The molecule has 2 saturated heterocycles. The summed E-state index contributed by atoms with van der Waals surface area (Å²) in [5, 5.41) is 6.97. The molecule has 0 bridgehead atoms. The molecule has 0 saturated carbocycles. The summed E-state index contributed by atoms with van der Waals surface area (Å²) < 4.78 is 18.9. The molecule has 2 N–H and O–H groups in total. The zero-order valence-corrected chi connectivity index (χ0v) is 21.3. The predicted octanol–water partition coefficient (Wildman–Crippen LogP) is 3.10. The maximum absolute atomic E-state index is 13.4. The molecule has 2 aliphatic rings. The number of nitrogens with one attached hydrogen (secondary N) is 2. The van der Waals surface area contributed by atoms with Crippen LogP contribution in [-0.2, 0) is 4.74 Å². The topological polar surface area (TPSA) is 52.1 Å². The van der Waals surface area contributed by atoms with E-state index in [9.17, 15) is 4.39 Å². The molecule has 176 valence electrons. The van der Waals surface area contributed by atoms with E-state index in [0.717, 1.165) is 50.9 Å². The Hall–Kier alpha value is -0.970. The smallest absolute Gasteiger partial charge is 0.191 e. The molecule has 1 aromatic carbocycles. The molecule has 2 fully saturated rings. The van der Waals surface area contributed by atoms with Crippen LogP contribution in [0.2, 0.25) is 0 Å². The average Bonchev–Trinajstić information content (AvgIpc) is 2.78. The number of guanidine groups is 1. The van der Waals surface area contributed by atoms with Crippen LogP contribution < -0.4 is 10.6 Å². The van der Waals surface area contributed by atoms with Crippen molar-refractivity contribution in [2.45, 2.75) is 32.2 Å². The van der Waals surface area contributed by atoms with Gasteiger partial charge in [-0.2, -0.15) is 0 Å². The van der Waals surface area contributed by atoms with Gasteiger partial charge in [0.15, 0.2) is 5.96 Å². The fraction of sp³-hybridized carbons (Fsp3) is 0.696. The van der Waals surface area contributed by atoms with E-state index in [4.69, 9.17) is 4.74 Å². The van der Waals surface area contributed by atoms with Crippen molar-refractivity contribution in [3.63, 3.8) is 0 Å². The van der Waals surface area contributed by atoms with Crippen molar-refractivity contribution in [2.75, 3.05) is 66.1 Å². The lowest BCUT2D eigenvalue weighted by molar-refractivity contribution is 0.0170. The lowest BCUT2D eigenvalue weighted by atomic mass is 10.0. The number of halogens is 2. The summed E-state index contributed by atoms with van der Waals surface area (Å²) in [6.45, 7) is 10.7. The molecule has 1 aromatic rings. The zero-order valence-electron chi connectivity index (χ0n) is 19.0. The highest BCUT2D eigenvalue weighted by molar-refractivity contribution is 14.0. The van der Waals surface area contributed by atoms with Crippen LogP contribution in [0.15, 0.2) is 29.3 Å². The van der Waals surface area contributed by atoms with E-state index < -0.39 is 0 Å². The average molecular weight is 548 g/mol. The second-order valence-corrected chi connectivity index (χ2v) is 8.52. The van der Waals surface area contributed by atoms with Gasteiger partial charge in [-0.05, 0) is 49.5 Å². The number of aliphatic imine (C=N–C) groups is 1. The minimum atomic E-state index is -0.201. The number of nitrogens with zero attached hydrogens (tertiary/aromatic N) is 3. The van der Waals surface area contributed by atoms with Gasteiger partial charge in [0.25, 0.3) is 0 Å². The summed E-state index contributed by atoms with van der Waals surface area (Å²) >= 11 is 0. The first-order valence-electron chi connectivity index (χ1n) is 11.4. The number of piperidine rings is 1. The molecule has 8 heteroatoms. The number of benzene rings is 1. The molecule has 2 atom stereocenters. The first-order valence-corrected chi connectivity index (χ1v) is 11.4. The van der Waals surface area contributed by atoms with Gasteiger partial charge in [0.05, 0.1) is 19.3 Å². The molecular formula is C23H39FIN5O.